The van der Waals surface area contributed by atoms with Crippen LogP contribution in [0.3, 0.4) is 0 Å². The van der Waals surface area contributed by atoms with Crippen molar-refractivity contribution in [3.63, 3.8) is 0 Å². The van der Waals surface area contributed by atoms with Crippen LogP contribution in [0.5, 0.6) is 0 Å². The Morgan fingerprint density at radius 3 is 2.32 bits per heavy atom. The van der Waals surface area contributed by atoms with Crippen LogP contribution in [-0.4, -0.2) is 4.98 Å². The zero-order chi connectivity index (χ0) is 15.4. The molecule has 1 nitrogen and oxygen atoms in total. The Morgan fingerprint density at radius 2 is 1.64 bits per heavy atom. The zero-order valence-electron chi connectivity index (χ0n) is 13.1. The fourth-order valence-corrected chi connectivity index (χ4v) is 4.18. The van der Waals surface area contributed by atoms with Gasteiger partial charge in [-0.25, -0.2) is 0 Å². The second kappa shape index (κ2) is 6.89. The lowest BCUT2D eigenvalue weighted by atomic mass is 9.96. The molecule has 2 unspecified atom stereocenters. The monoisotopic (exact) mass is 307 g/mol. The summed E-state index contributed by atoms with van der Waals surface area (Å²) in [5, 5.41) is 0. The molecule has 0 saturated heterocycles. The number of benzene rings is 1. The van der Waals surface area contributed by atoms with Crippen molar-refractivity contribution in [2.45, 2.75) is 32.1 Å². The SMILES string of the molecule is CCC(c1cccnc1)c1ccc(C(C)c2ccccc2)s1. The second-order valence-corrected chi connectivity index (χ2v) is 6.77. The van der Waals surface area contributed by atoms with Crippen LogP contribution in [0, 0.1) is 0 Å². The lowest BCUT2D eigenvalue weighted by Crippen LogP contribution is -1.97. The summed E-state index contributed by atoms with van der Waals surface area (Å²) in [5.41, 5.74) is 2.69. The van der Waals surface area contributed by atoms with Crippen LogP contribution in [0.4, 0.5) is 0 Å². The van der Waals surface area contributed by atoms with Gasteiger partial charge in [-0.05, 0) is 35.7 Å². The van der Waals surface area contributed by atoms with E-state index in [0.717, 1.165) is 6.42 Å². The molecule has 0 spiro atoms. The molecular weight excluding hydrogens is 286 g/mol. The van der Waals surface area contributed by atoms with Crippen molar-refractivity contribution in [3.8, 4) is 0 Å². The molecule has 3 aromatic rings. The van der Waals surface area contributed by atoms with Gasteiger partial charge in [0.1, 0.15) is 0 Å². The molecule has 0 amide bonds. The molecule has 2 atom stereocenters. The molecule has 1 aromatic carbocycles. The quantitative estimate of drug-likeness (QED) is 0.577. The predicted octanol–water partition coefficient (Wildman–Crippen LogP) is 5.84. The van der Waals surface area contributed by atoms with Gasteiger partial charge < -0.3 is 0 Å². The molecule has 2 aromatic heterocycles. The van der Waals surface area contributed by atoms with E-state index in [9.17, 15) is 0 Å². The van der Waals surface area contributed by atoms with Gasteiger partial charge in [0.2, 0.25) is 0 Å². The molecule has 3 rings (SSSR count). The van der Waals surface area contributed by atoms with Crippen LogP contribution in [0.15, 0.2) is 67.0 Å². The number of rotatable bonds is 5. The van der Waals surface area contributed by atoms with Gasteiger partial charge in [0.15, 0.2) is 0 Å². The van der Waals surface area contributed by atoms with Gasteiger partial charge in [-0.15, -0.1) is 11.3 Å². The Labute approximate surface area is 136 Å². The summed E-state index contributed by atoms with van der Waals surface area (Å²) >= 11 is 1.94. The van der Waals surface area contributed by atoms with Gasteiger partial charge in [-0.3, -0.25) is 4.98 Å². The Balaban J connectivity index is 1.87. The van der Waals surface area contributed by atoms with Crippen LogP contribution >= 0.6 is 11.3 Å². The number of aromatic nitrogens is 1. The van der Waals surface area contributed by atoms with Gasteiger partial charge >= 0.3 is 0 Å². The maximum absolute atomic E-state index is 4.27. The number of nitrogens with zero attached hydrogens (tertiary/aromatic N) is 1. The van der Waals surface area contributed by atoms with Crippen molar-refractivity contribution >= 4 is 11.3 Å². The summed E-state index contributed by atoms with van der Waals surface area (Å²) in [6.45, 7) is 4.54. The number of hydrogen-bond donors (Lipinski definition) is 0. The summed E-state index contributed by atoms with van der Waals surface area (Å²) in [7, 11) is 0. The fraction of sp³-hybridized carbons (Fsp3) is 0.250. The third kappa shape index (κ3) is 3.12. The molecule has 0 aliphatic rings. The van der Waals surface area contributed by atoms with E-state index >= 15 is 0 Å². The summed E-state index contributed by atoms with van der Waals surface area (Å²) in [5.74, 6) is 0.904. The van der Waals surface area contributed by atoms with E-state index in [1.54, 1.807) is 0 Å². The molecule has 112 valence electrons. The highest BCUT2D eigenvalue weighted by Gasteiger charge is 2.17. The van der Waals surface area contributed by atoms with Crippen molar-refractivity contribution in [2.75, 3.05) is 0 Å². The molecule has 0 fully saturated rings. The van der Waals surface area contributed by atoms with Crippen LogP contribution < -0.4 is 0 Å². The van der Waals surface area contributed by atoms with E-state index in [2.05, 4.69) is 67.4 Å². The van der Waals surface area contributed by atoms with Gasteiger partial charge in [-0.2, -0.15) is 0 Å². The minimum Gasteiger partial charge on any atom is -0.264 e. The van der Waals surface area contributed by atoms with Crippen molar-refractivity contribution in [2.24, 2.45) is 0 Å². The van der Waals surface area contributed by atoms with Gasteiger partial charge in [0.05, 0.1) is 0 Å². The maximum Gasteiger partial charge on any atom is 0.0306 e. The van der Waals surface area contributed by atoms with Gasteiger partial charge in [-0.1, -0.05) is 50.2 Å². The third-order valence-corrected chi connectivity index (χ3v) is 5.59. The van der Waals surface area contributed by atoms with Crippen molar-refractivity contribution < 1.29 is 0 Å². The van der Waals surface area contributed by atoms with Crippen LogP contribution in [0.2, 0.25) is 0 Å². The highest BCUT2D eigenvalue weighted by molar-refractivity contribution is 7.12. The second-order valence-electron chi connectivity index (χ2n) is 5.62. The first-order chi connectivity index (χ1) is 10.8. The minimum absolute atomic E-state index is 0.450. The topological polar surface area (TPSA) is 12.9 Å². The predicted molar refractivity (Wildman–Crippen MR) is 94.6 cm³/mol. The standard InChI is InChI=1S/C20H21NS/c1-3-18(17-10-7-13-21-14-17)20-12-11-19(22-20)15(2)16-8-5-4-6-9-16/h4-15,18H,3H2,1-2H3. The lowest BCUT2D eigenvalue weighted by molar-refractivity contribution is 0.787. The van der Waals surface area contributed by atoms with E-state index < -0.39 is 0 Å². The van der Waals surface area contributed by atoms with Gasteiger partial charge in [0.25, 0.3) is 0 Å². The summed E-state index contributed by atoms with van der Waals surface area (Å²) in [6.07, 6.45) is 4.94. The van der Waals surface area contributed by atoms with Crippen LogP contribution in [0.1, 0.15) is 53.0 Å². The normalized spacial score (nSPS) is 13.7. The minimum atomic E-state index is 0.450. The highest BCUT2D eigenvalue weighted by Crippen LogP contribution is 2.36. The Hall–Kier alpha value is -1.93. The summed E-state index contributed by atoms with van der Waals surface area (Å²) in [4.78, 5) is 7.15. The largest absolute Gasteiger partial charge is 0.264 e. The Kier molecular flexibility index (Phi) is 4.69. The van der Waals surface area contributed by atoms with Crippen LogP contribution in [0.25, 0.3) is 0 Å². The first kappa shape index (κ1) is 15.0. The van der Waals surface area contributed by atoms with E-state index in [1.807, 2.05) is 29.8 Å². The molecular formula is C20H21NS. The average molecular weight is 307 g/mol. The number of thiophene rings is 1. The Bertz CT molecular complexity index is 703. The van der Waals surface area contributed by atoms with Gasteiger partial charge in [0, 0.05) is 34.0 Å². The van der Waals surface area contributed by atoms with Crippen molar-refractivity contribution in [1.29, 1.82) is 0 Å². The molecule has 0 N–H and O–H groups in total. The number of hydrogen-bond acceptors (Lipinski definition) is 2. The van der Waals surface area contributed by atoms with Crippen molar-refractivity contribution in [3.05, 3.63) is 87.9 Å². The molecule has 0 aliphatic carbocycles. The number of pyridine rings is 1. The van der Waals surface area contributed by atoms with E-state index in [4.69, 9.17) is 0 Å². The first-order valence-corrected chi connectivity index (χ1v) is 8.65. The molecule has 0 radical (unpaired) electrons. The molecule has 22 heavy (non-hydrogen) atoms. The molecule has 0 saturated carbocycles. The van der Waals surface area contributed by atoms with E-state index in [0.29, 0.717) is 11.8 Å². The summed E-state index contributed by atoms with van der Waals surface area (Å²) in [6, 6.07) is 19.5. The molecule has 0 bridgehead atoms. The van der Waals surface area contributed by atoms with Crippen LogP contribution in [-0.2, 0) is 0 Å². The molecule has 2 heterocycles. The average Bonchev–Trinajstić information content (AvgIpc) is 3.06. The van der Waals surface area contributed by atoms with E-state index in [-0.39, 0.29) is 0 Å². The molecule has 2 heteroatoms. The molecule has 0 aliphatic heterocycles. The zero-order valence-corrected chi connectivity index (χ0v) is 13.9. The fourth-order valence-electron chi connectivity index (χ4n) is 2.88. The smallest absolute Gasteiger partial charge is 0.0306 e. The third-order valence-electron chi connectivity index (χ3n) is 4.21. The van der Waals surface area contributed by atoms with Crippen molar-refractivity contribution in [1.82, 2.24) is 4.98 Å². The Morgan fingerprint density at radius 1 is 0.909 bits per heavy atom. The highest BCUT2D eigenvalue weighted by atomic mass is 32.1. The lowest BCUT2D eigenvalue weighted by Gasteiger charge is -2.13. The summed E-state index contributed by atoms with van der Waals surface area (Å²) < 4.78 is 0. The first-order valence-electron chi connectivity index (χ1n) is 7.84. The maximum atomic E-state index is 4.27. The van der Waals surface area contributed by atoms with E-state index in [1.165, 1.54) is 20.9 Å².